The molecule has 0 N–H and O–H groups in total. The Morgan fingerprint density at radius 2 is 0.789 bits per heavy atom. The van der Waals surface area contributed by atoms with Gasteiger partial charge in [-0.05, 0) is 19.3 Å². The van der Waals surface area contributed by atoms with E-state index < -0.39 is 13.0 Å². The summed E-state index contributed by atoms with van der Waals surface area (Å²) in [6.45, 7) is 7.24. The Labute approximate surface area is 228 Å². The zero-order chi connectivity index (χ0) is 26.2. The fourth-order valence-electron chi connectivity index (χ4n) is 7.05. The highest BCUT2D eigenvalue weighted by Crippen LogP contribution is 2.95. The van der Waals surface area contributed by atoms with Gasteiger partial charge in [0, 0.05) is 11.0 Å². The van der Waals surface area contributed by atoms with Crippen molar-refractivity contribution < 1.29 is 0 Å². The molecule has 0 spiro atoms. The van der Waals surface area contributed by atoms with Crippen LogP contribution in [0.15, 0.2) is 157 Å². The lowest BCUT2D eigenvalue weighted by molar-refractivity contribution is 0.539. The third-order valence-corrected chi connectivity index (χ3v) is 14.0. The Bertz CT molecular complexity index is 1460. The molecule has 1 heterocycles. The van der Waals surface area contributed by atoms with Crippen LogP contribution in [-0.4, -0.2) is 5.87 Å². The van der Waals surface area contributed by atoms with E-state index in [1.807, 2.05) is 0 Å². The molecule has 0 radical (unpaired) electrons. The van der Waals surface area contributed by atoms with Gasteiger partial charge in [-0.3, -0.25) is 0 Å². The highest BCUT2D eigenvalue weighted by Gasteiger charge is 2.74. The van der Waals surface area contributed by atoms with Crippen molar-refractivity contribution in [2.24, 2.45) is 5.41 Å². The maximum absolute atomic E-state index is 2.41. The molecule has 0 saturated heterocycles. The lowest BCUT2D eigenvalue weighted by Gasteiger charge is -2.46. The first kappa shape index (κ1) is 24.7. The summed E-state index contributed by atoms with van der Waals surface area (Å²) in [6, 6.07) is 56.7. The minimum atomic E-state index is -2.12. The molecule has 0 aliphatic carbocycles. The maximum Gasteiger partial charge on any atom is 0.262 e. The van der Waals surface area contributed by atoms with Gasteiger partial charge in [-0.15, -0.1) is 0 Å². The Morgan fingerprint density at radius 1 is 0.447 bits per heavy atom. The summed E-state index contributed by atoms with van der Waals surface area (Å²) in [5, 5.41) is 4.69. The van der Waals surface area contributed by atoms with E-state index in [-0.39, 0.29) is 5.41 Å². The van der Waals surface area contributed by atoms with Crippen molar-refractivity contribution in [2.75, 3.05) is 0 Å². The molecular weight excluding hydrogens is 474 g/mol. The van der Waals surface area contributed by atoms with Crippen molar-refractivity contribution in [3.8, 4) is 0 Å². The van der Waals surface area contributed by atoms with Gasteiger partial charge < -0.3 is 0 Å². The second kappa shape index (κ2) is 9.57. The van der Waals surface area contributed by atoms with Gasteiger partial charge in [0.1, 0.15) is 5.31 Å². The molecule has 1 aliphatic heterocycles. The van der Waals surface area contributed by atoms with Crippen molar-refractivity contribution in [1.82, 2.24) is 0 Å². The quantitative estimate of drug-likeness (QED) is 0.165. The van der Waals surface area contributed by atoms with E-state index in [2.05, 4.69) is 172 Å². The summed E-state index contributed by atoms with van der Waals surface area (Å²) in [5.74, 6) is -1.40. The van der Waals surface area contributed by atoms with Crippen LogP contribution in [0.4, 0.5) is 0 Å². The van der Waals surface area contributed by atoms with E-state index in [0.717, 1.165) is 0 Å². The Balaban J connectivity index is 1.84. The maximum atomic E-state index is 2.41. The van der Waals surface area contributed by atoms with E-state index in [0.29, 0.717) is 0 Å². The smallest absolute Gasteiger partial charge is 0.157 e. The fraction of sp³-hybridized carbons (Fsp3) is 0.111. The molecule has 0 bridgehead atoms. The molecular formula is C36H34BP. The topological polar surface area (TPSA) is 0 Å². The third-order valence-electron chi connectivity index (χ3n) is 8.23. The summed E-state index contributed by atoms with van der Waals surface area (Å²) < 4.78 is 0. The van der Waals surface area contributed by atoms with Gasteiger partial charge in [0.15, 0.2) is 0 Å². The van der Waals surface area contributed by atoms with Crippen LogP contribution < -0.4 is 21.7 Å². The van der Waals surface area contributed by atoms with Gasteiger partial charge in [0.2, 0.25) is 0 Å². The first-order valence-electron chi connectivity index (χ1n) is 13.6. The monoisotopic (exact) mass is 508 g/mol. The zero-order valence-electron chi connectivity index (χ0n) is 22.5. The van der Waals surface area contributed by atoms with Gasteiger partial charge >= 0.3 is 0 Å². The Hall–Kier alpha value is -3.67. The minimum absolute atomic E-state index is 0.0140. The molecule has 0 saturated carbocycles. The number of hydrogen-bond donors (Lipinski definition) is 0. The van der Waals surface area contributed by atoms with Crippen LogP contribution in [0.2, 0.25) is 0 Å². The molecule has 1 atom stereocenters. The standard InChI is InChI=1S/C36H34BP/c1-36(2,3)35-34(29-19-9-4-10-20-29)38(35,33-27-17-8-18-28-33)37(30-21-11-5-12-22-30,31-23-13-6-14-24-31)32-25-15-7-16-26-32/h4-28H,1-3H3. The lowest BCUT2D eigenvalue weighted by atomic mass is 9.34. The summed E-state index contributed by atoms with van der Waals surface area (Å²) in [4.78, 5) is 0. The van der Waals surface area contributed by atoms with Crippen molar-refractivity contribution in [1.29, 1.82) is 0 Å². The summed E-state index contributed by atoms with van der Waals surface area (Å²) in [6.07, 6.45) is 0. The number of benzene rings is 5. The highest BCUT2D eigenvalue weighted by molar-refractivity contribution is 8.31. The van der Waals surface area contributed by atoms with Crippen LogP contribution in [0.1, 0.15) is 26.3 Å². The molecule has 1 aliphatic rings. The molecule has 6 rings (SSSR count). The summed E-state index contributed by atoms with van der Waals surface area (Å²) in [5.41, 5.74) is 5.61. The Morgan fingerprint density at radius 3 is 1.16 bits per heavy atom. The Kier molecular flexibility index (Phi) is 6.21. The largest absolute Gasteiger partial charge is 0.262 e. The number of rotatable bonds is 6. The SMILES string of the molecule is CC(C)(C)C1=C(c2ccccc2)[P+]1(c1ccccc1)[B-](c1ccccc1)(c1ccccc1)c1ccccc1. The molecule has 5 aromatic carbocycles. The van der Waals surface area contributed by atoms with Crippen LogP contribution in [-0.2, 0) is 0 Å². The second-order valence-corrected chi connectivity index (χ2v) is 15.1. The van der Waals surface area contributed by atoms with E-state index in [1.54, 1.807) is 10.6 Å². The highest BCUT2D eigenvalue weighted by atomic mass is 31.2. The molecule has 38 heavy (non-hydrogen) atoms. The molecule has 2 heteroatoms. The predicted octanol–water partition coefficient (Wildman–Crippen LogP) is 7.43. The van der Waals surface area contributed by atoms with Crippen LogP contribution in [0.5, 0.6) is 0 Å². The van der Waals surface area contributed by atoms with E-state index in [4.69, 9.17) is 0 Å². The van der Waals surface area contributed by atoms with Crippen LogP contribution in [0, 0.1) is 5.41 Å². The van der Waals surface area contributed by atoms with Crippen molar-refractivity contribution in [3.63, 3.8) is 0 Å². The predicted molar refractivity (Wildman–Crippen MR) is 170 cm³/mol. The van der Waals surface area contributed by atoms with Crippen molar-refractivity contribution >= 4 is 40.0 Å². The van der Waals surface area contributed by atoms with Gasteiger partial charge in [-0.25, -0.2) is 0 Å². The normalized spacial score (nSPS) is 17.3. The molecule has 0 aromatic heterocycles. The van der Waals surface area contributed by atoms with Crippen LogP contribution in [0.3, 0.4) is 0 Å². The molecule has 186 valence electrons. The molecule has 0 amide bonds. The van der Waals surface area contributed by atoms with Crippen LogP contribution >= 0.6 is 7.14 Å². The first-order valence-corrected chi connectivity index (χ1v) is 15.5. The molecule has 1 unspecified atom stereocenters. The number of hydrogen-bond acceptors (Lipinski definition) is 0. The first-order chi connectivity index (χ1) is 18.5. The van der Waals surface area contributed by atoms with Crippen molar-refractivity contribution in [2.45, 2.75) is 20.8 Å². The fourth-order valence-corrected chi connectivity index (χ4v) is 14.2. The summed E-state index contributed by atoms with van der Waals surface area (Å²) in [7, 11) is -2.12. The van der Waals surface area contributed by atoms with Gasteiger partial charge in [0.25, 0.3) is 5.87 Å². The lowest BCUT2D eigenvalue weighted by Crippen LogP contribution is -2.68. The van der Waals surface area contributed by atoms with Crippen molar-refractivity contribution in [3.05, 3.63) is 163 Å². The molecule has 0 nitrogen and oxygen atoms in total. The van der Waals surface area contributed by atoms with Gasteiger partial charge in [-0.2, -0.15) is 16.4 Å². The molecule has 0 fully saturated rings. The minimum Gasteiger partial charge on any atom is -0.157 e. The number of allylic oxidation sites excluding steroid dienone is 1. The van der Waals surface area contributed by atoms with E-state index in [1.165, 1.54) is 27.3 Å². The van der Waals surface area contributed by atoms with Gasteiger partial charge in [-0.1, -0.05) is 160 Å². The van der Waals surface area contributed by atoms with E-state index >= 15 is 0 Å². The molecule has 5 aromatic rings. The average molecular weight is 508 g/mol. The van der Waals surface area contributed by atoms with E-state index in [9.17, 15) is 0 Å². The second-order valence-electron chi connectivity index (χ2n) is 11.4. The third kappa shape index (κ3) is 3.64. The van der Waals surface area contributed by atoms with Gasteiger partial charge in [0.05, 0.1) is 10.6 Å². The zero-order valence-corrected chi connectivity index (χ0v) is 23.4. The summed E-state index contributed by atoms with van der Waals surface area (Å²) >= 11 is 0. The average Bonchev–Trinajstić information content (AvgIpc) is 3.69. The van der Waals surface area contributed by atoms with Crippen LogP contribution in [0.25, 0.3) is 5.31 Å².